The zero-order chi connectivity index (χ0) is 12.6. The van der Waals surface area contributed by atoms with E-state index in [0.29, 0.717) is 5.97 Å². The third-order valence-electron chi connectivity index (χ3n) is 1.90. The molecule has 17 heavy (non-hydrogen) atoms. The highest BCUT2D eigenvalue weighted by atomic mass is 16.7. The predicted molar refractivity (Wildman–Crippen MR) is 66.5 cm³/mol. The zero-order valence-corrected chi connectivity index (χ0v) is 11.9. The van der Waals surface area contributed by atoms with E-state index >= 15 is 0 Å². The third-order valence-corrected chi connectivity index (χ3v) is 1.90. The number of hydrogen-bond donors (Lipinski definition) is 0. The number of hydrogen-bond acceptors (Lipinski definition) is 3. The van der Waals surface area contributed by atoms with Crippen molar-refractivity contribution in [1.82, 2.24) is 0 Å². The van der Waals surface area contributed by atoms with Gasteiger partial charge in [0.05, 0.1) is 0 Å². The maximum Gasteiger partial charge on any atom is 0.491 e. The standard InChI is InChI=1S/C12H21O4.CH3/c1-11(2,3)10-14-7-8(15-10)9(13)16-12(4,5)6;/h8H,7H2,1-6H3;1H3/q+1;-1. The molecule has 0 amide bonds. The van der Waals surface area contributed by atoms with Crippen molar-refractivity contribution in [2.45, 2.75) is 53.2 Å². The fourth-order valence-electron chi connectivity index (χ4n) is 1.23. The van der Waals surface area contributed by atoms with Crippen LogP contribution < -0.4 is 0 Å². The lowest BCUT2D eigenvalue weighted by Gasteiger charge is -2.19. The van der Waals surface area contributed by atoms with E-state index in [2.05, 4.69) is 0 Å². The van der Waals surface area contributed by atoms with Gasteiger partial charge in [-0.1, -0.05) is 0 Å². The van der Waals surface area contributed by atoms with Crippen LogP contribution in [0.4, 0.5) is 0 Å². The molecule has 0 radical (unpaired) electrons. The Hall–Kier alpha value is -1.06. The second kappa shape index (κ2) is 5.07. The summed E-state index contributed by atoms with van der Waals surface area (Å²) in [6.45, 7) is 11.6. The molecule has 0 aromatic rings. The molecule has 0 aromatic heterocycles. The van der Waals surface area contributed by atoms with Crippen LogP contribution in [0.3, 0.4) is 0 Å². The van der Waals surface area contributed by atoms with Crippen LogP contribution >= 0.6 is 0 Å². The number of carbonyl (C=O) groups is 1. The lowest BCUT2D eigenvalue weighted by molar-refractivity contribution is -0.452. The molecular weight excluding hydrogens is 220 g/mol. The largest absolute Gasteiger partial charge is 0.491 e. The molecule has 0 aliphatic carbocycles. The van der Waals surface area contributed by atoms with Gasteiger partial charge in [-0.2, -0.15) is 0 Å². The lowest BCUT2D eigenvalue weighted by atomic mass is 9.97. The van der Waals surface area contributed by atoms with E-state index in [1.54, 1.807) is 0 Å². The second-order valence-corrected chi connectivity index (χ2v) is 5.99. The van der Waals surface area contributed by atoms with Crippen molar-refractivity contribution in [3.8, 4) is 0 Å². The average Bonchev–Trinajstić information content (AvgIpc) is 2.46. The minimum atomic E-state index is -0.631. The first kappa shape index (κ1) is 15.9. The SMILES string of the molecule is CC(C)(C)OC(=O)C1C[O+]=C(C(C)(C)C)O1.[CH3-]. The summed E-state index contributed by atoms with van der Waals surface area (Å²) >= 11 is 0. The van der Waals surface area contributed by atoms with Gasteiger partial charge in [-0.3, -0.25) is 4.74 Å². The molecule has 1 unspecified atom stereocenters. The Labute approximate surface area is 104 Å². The average molecular weight is 244 g/mol. The third kappa shape index (κ3) is 4.75. The summed E-state index contributed by atoms with van der Waals surface area (Å²) < 4.78 is 16.0. The molecule has 0 fully saturated rings. The van der Waals surface area contributed by atoms with Crippen molar-refractivity contribution in [3.05, 3.63) is 7.43 Å². The van der Waals surface area contributed by atoms with E-state index < -0.39 is 11.7 Å². The monoisotopic (exact) mass is 244 g/mol. The summed E-state index contributed by atoms with van der Waals surface area (Å²) in [5, 5.41) is 0. The normalized spacial score (nSPS) is 20.1. The molecule has 1 atom stereocenters. The smallest absolute Gasteiger partial charge is 0.455 e. The fourth-order valence-corrected chi connectivity index (χ4v) is 1.23. The molecule has 4 nitrogen and oxygen atoms in total. The first-order valence-electron chi connectivity index (χ1n) is 5.49. The van der Waals surface area contributed by atoms with E-state index in [1.165, 1.54) is 0 Å². The van der Waals surface area contributed by atoms with E-state index in [-0.39, 0.29) is 25.4 Å². The van der Waals surface area contributed by atoms with Crippen molar-refractivity contribution < 1.29 is 18.7 Å². The zero-order valence-electron chi connectivity index (χ0n) is 11.9. The van der Waals surface area contributed by atoms with Gasteiger partial charge < -0.3 is 16.6 Å². The van der Waals surface area contributed by atoms with Crippen LogP contribution in [-0.4, -0.2) is 30.3 Å². The van der Waals surface area contributed by atoms with Crippen LogP contribution in [0.25, 0.3) is 0 Å². The summed E-state index contributed by atoms with van der Waals surface area (Å²) in [6, 6.07) is 0. The van der Waals surface area contributed by atoms with Gasteiger partial charge >= 0.3 is 18.0 Å². The fraction of sp³-hybridized carbons (Fsp3) is 0.769. The van der Waals surface area contributed by atoms with Gasteiger partial charge in [0, 0.05) is 0 Å². The van der Waals surface area contributed by atoms with Crippen LogP contribution in [0.1, 0.15) is 41.5 Å². The van der Waals surface area contributed by atoms with E-state index in [0.717, 1.165) is 0 Å². The second-order valence-electron chi connectivity index (χ2n) is 5.99. The molecule has 0 saturated carbocycles. The Morgan fingerprint density at radius 2 is 1.82 bits per heavy atom. The van der Waals surface area contributed by atoms with Crippen LogP contribution in [0, 0.1) is 12.8 Å². The molecule has 100 valence electrons. The van der Waals surface area contributed by atoms with E-state index in [4.69, 9.17) is 13.9 Å². The number of carbonyl (C=O) groups excluding carboxylic acids is 2. The molecule has 0 aromatic carbocycles. The van der Waals surface area contributed by atoms with Crippen molar-refractivity contribution in [2.75, 3.05) is 6.61 Å². The van der Waals surface area contributed by atoms with E-state index in [9.17, 15) is 4.79 Å². The molecule has 1 aliphatic rings. The maximum absolute atomic E-state index is 11.7. The number of ether oxygens (including phenoxy) is 2. The van der Waals surface area contributed by atoms with Gasteiger partial charge in [0.1, 0.15) is 11.0 Å². The van der Waals surface area contributed by atoms with E-state index in [1.807, 2.05) is 41.5 Å². The van der Waals surface area contributed by atoms with Crippen LogP contribution in [0.5, 0.6) is 0 Å². The summed E-state index contributed by atoms with van der Waals surface area (Å²) in [4.78, 5) is 11.7. The Kier molecular flexibility index (Phi) is 4.75. The predicted octanol–water partition coefficient (Wildman–Crippen LogP) is 2.29. The molecule has 0 N–H and O–H groups in total. The van der Waals surface area contributed by atoms with Crippen molar-refractivity contribution in [1.29, 1.82) is 0 Å². The first-order chi connectivity index (χ1) is 7.09. The number of cyclic esters (lactones) is 1. The van der Waals surface area contributed by atoms with Crippen LogP contribution in [0.2, 0.25) is 0 Å². The molecular formula is C13H24O4. The molecule has 0 bridgehead atoms. The minimum absolute atomic E-state index is 0. The minimum Gasteiger partial charge on any atom is -0.455 e. The Balaban J connectivity index is 0.00000256. The topological polar surface area (TPSA) is 46.8 Å². The Bertz CT molecular complexity index is 304. The Morgan fingerprint density at radius 3 is 2.18 bits per heavy atom. The van der Waals surface area contributed by atoms with Crippen molar-refractivity contribution >= 4 is 11.9 Å². The highest BCUT2D eigenvalue weighted by Gasteiger charge is 2.47. The molecule has 4 heteroatoms. The maximum atomic E-state index is 11.7. The van der Waals surface area contributed by atoms with Gasteiger partial charge in [0.25, 0.3) is 6.61 Å². The highest BCUT2D eigenvalue weighted by Crippen LogP contribution is 2.21. The molecule has 1 aliphatic heterocycles. The van der Waals surface area contributed by atoms with Gasteiger partial charge in [-0.25, -0.2) is 4.79 Å². The summed E-state index contributed by atoms with van der Waals surface area (Å²) in [7, 11) is 0. The lowest BCUT2D eigenvalue weighted by Crippen LogP contribution is -2.35. The highest BCUT2D eigenvalue weighted by molar-refractivity contribution is 5.83. The summed E-state index contributed by atoms with van der Waals surface area (Å²) in [5.41, 5.74) is -0.707. The first-order valence-corrected chi connectivity index (χ1v) is 5.49. The summed E-state index contributed by atoms with van der Waals surface area (Å²) in [6.07, 6.45) is -0.631. The van der Waals surface area contributed by atoms with Gasteiger partial charge in [-0.05, 0) is 41.5 Å². The number of esters is 2. The molecule has 0 spiro atoms. The van der Waals surface area contributed by atoms with Crippen molar-refractivity contribution in [2.24, 2.45) is 5.41 Å². The quantitative estimate of drug-likeness (QED) is 0.404. The summed E-state index contributed by atoms with van der Waals surface area (Å²) in [5.74, 6) is 0.134. The van der Waals surface area contributed by atoms with Gasteiger partial charge in [0.15, 0.2) is 0 Å². The van der Waals surface area contributed by atoms with Gasteiger partial charge in [0.2, 0.25) is 0 Å². The van der Waals surface area contributed by atoms with Crippen LogP contribution in [-0.2, 0) is 18.7 Å². The van der Waals surface area contributed by atoms with Crippen LogP contribution in [0.15, 0.2) is 0 Å². The molecule has 1 rings (SSSR count). The Morgan fingerprint density at radius 1 is 1.29 bits per heavy atom. The molecule has 0 saturated heterocycles. The number of rotatable bonds is 1. The van der Waals surface area contributed by atoms with Crippen molar-refractivity contribution in [3.63, 3.8) is 0 Å². The van der Waals surface area contributed by atoms with Gasteiger partial charge in [-0.15, -0.1) is 0 Å². The molecule has 1 heterocycles.